The maximum atomic E-state index is 11.6. The van der Waals surface area contributed by atoms with E-state index >= 15 is 0 Å². The van der Waals surface area contributed by atoms with Gasteiger partial charge in [0.2, 0.25) is 5.91 Å². The number of unbranched alkanes of at least 4 members (excludes halogenated alkanes) is 11. The molecule has 182 valence electrons. The van der Waals surface area contributed by atoms with Gasteiger partial charge in [-0.05, 0) is 39.2 Å². The third kappa shape index (κ3) is 31.3. The van der Waals surface area contributed by atoms with Crippen LogP contribution in [0.3, 0.4) is 0 Å². The number of hydrogen-bond acceptors (Lipinski definition) is 5. The summed E-state index contributed by atoms with van der Waals surface area (Å²) in [4.78, 5) is 32.8. The van der Waals surface area contributed by atoms with Gasteiger partial charge in [0.1, 0.15) is 0 Å². The van der Waals surface area contributed by atoms with E-state index in [1.54, 1.807) is 7.05 Å². The molecule has 0 aromatic heterocycles. The van der Waals surface area contributed by atoms with Crippen LogP contribution in [0.25, 0.3) is 0 Å². The van der Waals surface area contributed by atoms with Gasteiger partial charge in [0.25, 0.3) is 0 Å². The van der Waals surface area contributed by atoms with Crippen molar-refractivity contribution in [1.29, 1.82) is 0 Å². The fraction of sp³-hybridized carbons (Fsp3) is 0.792. The summed E-state index contributed by atoms with van der Waals surface area (Å²) in [6.45, 7) is 1.98. The van der Waals surface area contributed by atoms with Gasteiger partial charge >= 0.3 is 35.5 Å². The van der Waals surface area contributed by atoms with Gasteiger partial charge in [-0.2, -0.15) is 0 Å². The van der Waals surface area contributed by atoms with E-state index in [0.717, 1.165) is 25.7 Å². The number of amides is 1. The molecule has 0 aliphatic carbocycles. The second-order valence-electron chi connectivity index (χ2n) is 7.88. The van der Waals surface area contributed by atoms with E-state index in [2.05, 4.69) is 24.4 Å². The number of likely N-dealkylation sites (N-methyl/N-ethyl adjacent to an activating group) is 2. The van der Waals surface area contributed by atoms with Crippen LogP contribution >= 0.6 is 0 Å². The summed E-state index contributed by atoms with van der Waals surface area (Å²) >= 11 is 0. The molecule has 0 unspecified atom stereocenters. The van der Waals surface area contributed by atoms with E-state index in [1.807, 2.05) is 0 Å². The van der Waals surface area contributed by atoms with Gasteiger partial charge in [-0.1, -0.05) is 70.4 Å². The van der Waals surface area contributed by atoms with Gasteiger partial charge in [0, 0.05) is 13.5 Å². The van der Waals surface area contributed by atoms with E-state index in [-0.39, 0.29) is 48.6 Å². The quantitative estimate of drug-likeness (QED) is 0.164. The zero-order chi connectivity index (χ0) is 23.7. The molecular weight excluding hydrogens is 419 g/mol. The Labute approximate surface area is 217 Å². The average Bonchev–Trinajstić information content (AvgIpc) is 2.70. The zero-order valence-electron chi connectivity index (χ0n) is 21.0. The summed E-state index contributed by atoms with van der Waals surface area (Å²) in [7, 11) is 3.10. The van der Waals surface area contributed by atoms with Crippen LogP contribution in [0.4, 0.5) is 0 Å². The number of nitrogens with zero attached hydrogens (tertiary/aromatic N) is 1. The Morgan fingerprint density at radius 2 is 1.34 bits per heavy atom. The Hall–Kier alpha value is -0.890. The third-order valence-corrected chi connectivity index (χ3v) is 4.77. The molecule has 0 aliphatic heterocycles. The Kier molecular flexibility index (Phi) is 31.4. The maximum absolute atomic E-state index is 11.6. The smallest absolute Gasteiger partial charge is 0.548 e. The number of allylic oxidation sites excluding steroid dienone is 2. The number of rotatable bonds is 19. The monoisotopic (exact) mass is 464 g/mol. The van der Waals surface area contributed by atoms with Crippen molar-refractivity contribution in [2.45, 2.75) is 96.8 Å². The molecule has 8 heteroatoms. The predicted molar refractivity (Wildman–Crippen MR) is 124 cm³/mol. The van der Waals surface area contributed by atoms with Crippen LogP contribution in [-0.2, 0) is 14.4 Å². The largest absolute Gasteiger partial charge is 1.00 e. The number of aliphatic carboxylic acids is 2. The molecule has 32 heavy (non-hydrogen) atoms. The van der Waals surface area contributed by atoms with E-state index in [0.29, 0.717) is 6.42 Å². The van der Waals surface area contributed by atoms with Crippen molar-refractivity contribution in [2.24, 2.45) is 0 Å². The average molecular weight is 465 g/mol. The van der Waals surface area contributed by atoms with Gasteiger partial charge in [-0.15, -0.1) is 0 Å². The Balaban J connectivity index is -0.00000105. The third-order valence-electron chi connectivity index (χ3n) is 4.77. The molecule has 1 amide bonds. The molecule has 0 radical (unpaired) electrons. The van der Waals surface area contributed by atoms with Crippen LogP contribution in [0.2, 0.25) is 0 Å². The summed E-state index contributed by atoms with van der Waals surface area (Å²) < 4.78 is 0. The summed E-state index contributed by atoms with van der Waals surface area (Å²) in [5.41, 5.74) is 0. The summed E-state index contributed by atoms with van der Waals surface area (Å²) in [5.74, 6) is -2.14. The second kappa shape index (κ2) is 28.1. The van der Waals surface area contributed by atoms with E-state index < -0.39 is 11.9 Å². The Morgan fingerprint density at radius 1 is 0.875 bits per heavy atom. The topological polar surface area (TPSA) is 110 Å². The minimum Gasteiger partial charge on any atom is -0.548 e. The first-order chi connectivity index (χ1) is 14.8. The molecule has 0 atom stereocenters. The molecule has 0 aromatic rings. The molecule has 0 bridgehead atoms. The van der Waals surface area contributed by atoms with E-state index in [4.69, 9.17) is 5.11 Å². The van der Waals surface area contributed by atoms with Gasteiger partial charge in [-0.3, -0.25) is 9.59 Å². The van der Waals surface area contributed by atoms with Crippen LogP contribution < -0.4 is 40.0 Å². The van der Waals surface area contributed by atoms with Crippen LogP contribution in [-0.4, -0.2) is 55.0 Å². The van der Waals surface area contributed by atoms with Gasteiger partial charge in [0.05, 0.1) is 19.1 Å². The van der Waals surface area contributed by atoms with Crippen molar-refractivity contribution in [2.75, 3.05) is 27.2 Å². The van der Waals surface area contributed by atoms with Crippen molar-refractivity contribution in [1.82, 2.24) is 10.2 Å². The normalized spacial score (nSPS) is 10.2. The molecule has 0 aliphatic rings. The molecule has 0 fully saturated rings. The molecule has 7 nitrogen and oxygen atoms in total. The summed E-state index contributed by atoms with van der Waals surface area (Å²) in [6, 6.07) is 0. The van der Waals surface area contributed by atoms with Crippen LogP contribution in [0, 0.1) is 0 Å². The number of carboxylic acids is 2. The second-order valence-corrected chi connectivity index (χ2v) is 7.88. The fourth-order valence-electron chi connectivity index (χ4n) is 2.97. The summed E-state index contributed by atoms with van der Waals surface area (Å²) in [5, 5.41) is 20.7. The molecule has 0 spiro atoms. The predicted octanol–water partition coefficient (Wildman–Crippen LogP) is 0.527. The number of hydrogen-bond donors (Lipinski definition) is 2. The zero-order valence-corrected chi connectivity index (χ0v) is 23.0. The number of carbonyl (C=O) groups excluding carboxylic acids is 2. The molecule has 0 saturated carbocycles. The first-order valence-corrected chi connectivity index (χ1v) is 11.8. The standard InChI is InChI=1S/C21H39NO3.C3H7NO2.Na/c1-3-4-5-6-7-8-9-10-11-12-13-14-15-16-17-18-20(23)22(2)19-21(24)25;1-4-2-3(5)6;/h10-11H,3-9,12-19H2,1-2H3,(H,24,25);4H,2H2,1H3,(H,5,6);/q;;+1/p-1/b11-10-;;. The van der Waals surface area contributed by atoms with Crippen molar-refractivity contribution < 1.29 is 54.2 Å². The first-order valence-electron chi connectivity index (χ1n) is 11.8. The molecule has 0 aromatic carbocycles. The molecule has 0 rings (SSSR count). The maximum Gasteiger partial charge on any atom is 1.00 e. The van der Waals surface area contributed by atoms with E-state index in [1.165, 1.54) is 69.7 Å². The van der Waals surface area contributed by atoms with Crippen molar-refractivity contribution in [3.8, 4) is 0 Å². The molecule has 0 saturated heterocycles. The van der Waals surface area contributed by atoms with Crippen molar-refractivity contribution in [3.63, 3.8) is 0 Å². The SMILES string of the molecule is CCCCCCCC/C=C\CCCCCCCC(=O)N(C)CC(=O)[O-].CNCC(=O)O.[Na+]. The van der Waals surface area contributed by atoms with Gasteiger partial charge in [-0.25, -0.2) is 0 Å². The molecule has 0 heterocycles. The van der Waals surface area contributed by atoms with Crippen LogP contribution in [0.15, 0.2) is 12.2 Å². The van der Waals surface area contributed by atoms with Crippen LogP contribution in [0.1, 0.15) is 96.8 Å². The molecule has 2 N–H and O–H groups in total. The first kappa shape index (κ1) is 35.7. The van der Waals surface area contributed by atoms with Crippen molar-refractivity contribution in [3.05, 3.63) is 12.2 Å². The number of carbonyl (C=O) groups is 3. The minimum absolute atomic E-state index is 0. The minimum atomic E-state index is -1.21. The van der Waals surface area contributed by atoms with Crippen molar-refractivity contribution >= 4 is 17.8 Å². The van der Waals surface area contributed by atoms with Crippen LogP contribution in [0.5, 0.6) is 0 Å². The molecular formula is C24H45N2NaO5. The number of carboxylic acid groups (broad SMARTS) is 2. The summed E-state index contributed by atoms with van der Waals surface area (Å²) in [6.07, 6.45) is 21.0. The van der Waals surface area contributed by atoms with Gasteiger partial charge < -0.3 is 25.2 Å². The number of nitrogens with one attached hydrogen (secondary N) is 1. The van der Waals surface area contributed by atoms with E-state index in [9.17, 15) is 19.5 Å². The Morgan fingerprint density at radius 3 is 1.75 bits per heavy atom. The fourth-order valence-corrected chi connectivity index (χ4v) is 2.97. The Bertz CT molecular complexity index is 487. The van der Waals surface area contributed by atoms with Gasteiger partial charge in [0.15, 0.2) is 0 Å².